The number of halogens is 3. The van der Waals surface area contributed by atoms with Crippen LogP contribution in [0.1, 0.15) is 0 Å². The molecule has 16 heavy (non-hydrogen) atoms. The molecule has 0 aromatic carbocycles. The van der Waals surface area contributed by atoms with Gasteiger partial charge >= 0.3 is 12.3 Å². The van der Waals surface area contributed by atoms with E-state index in [-0.39, 0.29) is 6.61 Å². The summed E-state index contributed by atoms with van der Waals surface area (Å²) < 4.78 is 39.7. The summed E-state index contributed by atoms with van der Waals surface area (Å²) in [5.41, 5.74) is 0. The Morgan fingerprint density at radius 3 is 2.38 bits per heavy atom. The first-order valence-electron chi connectivity index (χ1n) is 4.09. The third kappa shape index (κ3) is 6.87. The van der Waals surface area contributed by atoms with E-state index in [2.05, 4.69) is 4.74 Å². The van der Waals surface area contributed by atoms with E-state index in [0.29, 0.717) is 0 Å². The number of methoxy groups -OCH3 is 1. The molecule has 0 fully saturated rings. The fraction of sp³-hybridized carbons (Fsp3) is 0.714. The van der Waals surface area contributed by atoms with Gasteiger partial charge in [0.1, 0.15) is 12.6 Å². The number of carboxylic acid groups (broad SMARTS) is 1. The van der Waals surface area contributed by atoms with Crippen molar-refractivity contribution in [3.8, 4) is 0 Å². The lowest BCUT2D eigenvalue weighted by molar-refractivity contribution is -0.140. The van der Waals surface area contributed by atoms with Crippen LogP contribution in [0.3, 0.4) is 0 Å². The zero-order valence-corrected chi connectivity index (χ0v) is 8.30. The smallest absolute Gasteiger partial charge is 0.405 e. The quantitative estimate of drug-likeness (QED) is 0.632. The Kier molecular flexibility index (Phi) is 5.57. The molecular weight excluding hydrogens is 233 g/mol. The van der Waals surface area contributed by atoms with E-state index in [9.17, 15) is 22.8 Å². The summed E-state index contributed by atoms with van der Waals surface area (Å²) in [6, 6.07) is -1.37. The van der Waals surface area contributed by atoms with Crippen molar-refractivity contribution in [1.82, 2.24) is 10.6 Å². The van der Waals surface area contributed by atoms with Crippen LogP contribution in [-0.2, 0) is 9.53 Å². The predicted molar refractivity (Wildman–Crippen MR) is 45.9 cm³/mol. The highest BCUT2D eigenvalue weighted by atomic mass is 19.4. The minimum absolute atomic E-state index is 0.351. The largest absolute Gasteiger partial charge is 0.465 e. The van der Waals surface area contributed by atoms with Crippen molar-refractivity contribution in [2.45, 2.75) is 12.2 Å². The van der Waals surface area contributed by atoms with E-state index in [1.54, 1.807) is 10.6 Å². The Morgan fingerprint density at radius 2 is 2.00 bits per heavy atom. The molecule has 0 radical (unpaired) electrons. The molecule has 0 spiro atoms. The zero-order valence-electron chi connectivity index (χ0n) is 8.30. The maximum absolute atomic E-state index is 11.7. The summed E-state index contributed by atoms with van der Waals surface area (Å²) in [4.78, 5) is 21.3. The Labute approximate surface area is 88.8 Å². The Balaban J connectivity index is 4.22. The molecule has 6 nitrogen and oxygen atoms in total. The second-order valence-corrected chi connectivity index (χ2v) is 2.79. The van der Waals surface area contributed by atoms with Gasteiger partial charge in [0.05, 0.1) is 6.61 Å². The fourth-order valence-electron chi connectivity index (χ4n) is 0.809. The molecule has 94 valence electrons. The average Bonchev–Trinajstić information content (AvgIpc) is 2.11. The van der Waals surface area contributed by atoms with Crippen molar-refractivity contribution in [2.24, 2.45) is 0 Å². The molecule has 0 unspecified atom stereocenters. The summed E-state index contributed by atoms with van der Waals surface area (Å²) in [6.45, 7) is -1.87. The highest BCUT2D eigenvalue weighted by Gasteiger charge is 2.30. The lowest BCUT2D eigenvalue weighted by atomic mass is 10.3. The van der Waals surface area contributed by atoms with Crippen LogP contribution in [0, 0.1) is 0 Å². The van der Waals surface area contributed by atoms with Gasteiger partial charge in [0.25, 0.3) is 0 Å². The fourth-order valence-corrected chi connectivity index (χ4v) is 0.809. The standard InChI is InChI=1S/C7H11F3N2O4/c1-16-2-4(12-6(14)15)5(13)11-3-7(8,9)10/h4,12H,2-3H2,1H3,(H,11,13)(H,14,15)/t4-/m0/s1. The van der Waals surface area contributed by atoms with Crippen LogP contribution in [0.5, 0.6) is 0 Å². The predicted octanol–water partition coefficient (Wildman–Crippen LogP) is -0.0525. The number of carbonyl (C=O) groups excluding carboxylic acids is 1. The Hall–Kier alpha value is -1.51. The number of amides is 2. The van der Waals surface area contributed by atoms with Gasteiger partial charge < -0.3 is 20.5 Å². The summed E-state index contributed by atoms with van der Waals surface area (Å²) in [6.07, 6.45) is -6.07. The number of rotatable bonds is 5. The molecule has 0 aromatic rings. The first-order valence-corrected chi connectivity index (χ1v) is 4.09. The summed E-state index contributed by atoms with van der Waals surface area (Å²) in [5.74, 6) is -1.10. The van der Waals surface area contributed by atoms with Crippen LogP contribution in [0.4, 0.5) is 18.0 Å². The lowest BCUT2D eigenvalue weighted by Crippen LogP contribution is -2.50. The molecule has 0 aliphatic rings. The molecule has 2 amide bonds. The van der Waals surface area contributed by atoms with Gasteiger partial charge in [-0.1, -0.05) is 0 Å². The molecular formula is C7H11F3N2O4. The molecule has 0 heterocycles. The molecule has 0 bridgehead atoms. The second kappa shape index (κ2) is 6.16. The van der Waals surface area contributed by atoms with Crippen molar-refractivity contribution >= 4 is 12.0 Å². The Morgan fingerprint density at radius 1 is 1.44 bits per heavy atom. The van der Waals surface area contributed by atoms with Gasteiger partial charge in [-0.25, -0.2) is 4.79 Å². The number of hydrogen-bond donors (Lipinski definition) is 3. The van der Waals surface area contributed by atoms with Crippen LogP contribution in [0.2, 0.25) is 0 Å². The van der Waals surface area contributed by atoms with E-state index in [0.717, 1.165) is 0 Å². The second-order valence-electron chi connectivity index (χ2n) is 2.79. The Bertz CT molecular complexity index is 257. The summed E-state index contributed by atoms with van der Waals surface area (Å²) in [5, 5.41) is 11.6. The molecule has 0 aliphatic heterocycles. The summed E-state index contributed by atoms with van der Waals surface area (Å²) >= 11 is 0. The molecule has 1 atom stereocenters. The van der Waals surface area contributed by atoms with Crippen molar-refractivity contribution < 1.29 is 32.6 Å². The van der Waals surface area contributed by atoms with Gasteiger partial charge in [-0.2, -0.15) is 13.2 Å². The van der Waals surface area contributed by atoms with Crippen molar-refractivity contribution in [2.75, 3.05) is 20.3 Å². The molecule has 0 saturated carbocycles. The third-order valence-electron chi connectivity index (χ3n) is 1.41. The molecule has 3 N–H and O–H groups in total. The van der Waals surface area contributed by atoms with Crippen LogP contribution < -0.4 is 10.6 Å². The average molecular weight is 244 g/mol. The van der Waals surface area contributed by atoms with Crippen molar-refractivity contribution in [3.05, 3.63) is 0 Å². The van der Waals surface area contributed by atoms with Crippen LogP contribution >= 0.6 is 0 Å². The lowest BCUT2D eigenvalue weighted by Gasteiger charge is -2.16. The SMILES string of the molecule is COC[C@H](NC(=O)O)C(=O)NCC(F)(F)F. The number of nitrogens with one attached hydrogen (secondary N) is 2. The monoisotopic (exact) mass is 244 g/mol. The number of ether oxygens (including phenoxy) is 1. The van der Waals surface area contributed by atoms with E-state index >= 15 is 0 Å². The van der Waals surface area contributed by atoms with Gasteiger partial charge in [-0.15, -0.1) is 0 Å². The third-order valence-corrected chi connectivity index (χ3v) is 1.41. The van der Waals surface area contributed by atoms with Crippen LogP contribution in [0.15, 0.2) is 0 Å². The first kappa shape index (κ1) is 14.5. The van der Waals surface area contributed by atoms with E-state index in [1.807, 2.05) is 0 Å². The maximum atomic E-state index is 11.7. The molecule has 0 rings (SSSR count). The topological polar surface area (TPSA) is 87.7 Å². The molecule has 0 aromatic heterocycles. The first-order chi connectivity index (χ1) is 7.26. The van der Waals surface area contributed by atoms with Gasteiger partial charge in [-0.3, -0.25) is 4.79 Å². The number of carbonyl (C=O) groups is 2. The van der Waals surface area contributed by atoms with Gasteiger partial charge in [0, 0.05) is 7.11 Å². The van der Waals surface area contributed by atoms with E-state index in [1.165, 1.54) is 7.11 Å². The molecule has 0 saturated heterocycles. The van der Waals surface area contributed by atoms with Crippen molar-refractivity contribution in [1.29, 1.82) is 0 Å². The van der Waals surface area contributed by atoms with Gasteiger partial charge in [-0.05, 0) is 0 Å². The highest BCUT2D eigenvalue weighted by molar-refractivity contribution is 5.85. The zero-order chi connectivity index (χ0) is 12.8. The van der Waals surface area contributed by atoms with Gasteiger partial charge in [0.15, 0.2) is 0 Å². The highest BCUT2D eigenvalue weighted by Crippen LogP contribution is 2.12. The van der Waals surface area contributed by atoms with Crippen LogP contribution in [-0.4, -0.2) is 49.6 Å². The maximum Gasteiger partial charge on any atom is 0.405 e. The summed E-state index contributed by atoms with van der Waals surface area (Å²) in [7, 11) is 1.19. The minimum atomic E-state index is -4.55. The van der Waals surface area contributed by atoms with E-state index < -0.39 is 30.8 Å². The normalized spacial score (nSPS) is 13.0. The van der Waals surface area contributed by atoms with E-state index in [4.69, 9.17) is 5.11 Å². The number of alkyl halides is 3. The molecule has 9 heteroatoms. The minimum Gasteiger partial charge on any atom is -0.465 e. The van der Waals surface area contributed by atoms with Crippen molar-refractivity contribution in [3.63, 3.8) is 0 Å². The van der Waals surface area contributed by atoms with Gasteiger partial charge in [0.2, 0.25) is 5.91 Å². The van der Waals surface area contributed by atoms with Crippen LogP contribution in [0.25, 0.3) is 0 Å². The molecule has 0 aliphatic carbocycles. The number of hydrogen-bond acceptors (Lipinski definition) is 3.